The van der Waals surface area contributed by atoms with Crippen LogP contribution in [0.5, 0.6) is 0 Å². The Morgan fingerprint density at radius 2 is 2.03 bits per heavy atom. The van der Waals surface area contributed by atoms with Gasteiger partial charge in [0, 0.05) is 37.7 Å². The highest BCUT2D eigenvalue weighted by molar-refractivity contribution is 5.79. The molecule has 1 N–H and O–H groups in total. The van der Waals surface area contributed by atoms with Gasteiger partial charge >= 0.3 is 0 Å². The maximum Gasteiger partial charge on any atom is 0.225 e. The Morgan fingerprint density at radius 1 is 1.21 bits per heavy atom. The lowest BCUT2D eigenvalue weighted by Crippen LogP contribution is -2.43. The molecular weight excluding hydrogens is 366 g/mol. The van der Waals surface area contributed by atoms with Gasteiger partial charge in [-0.05, 0) is 56.5 Å². The number of hydrogen-bond acceptors (Lipinski definition) is 6. The summed E-state index contributed by atoms with van der Waals surface area (Å²) in [6.07, 6.45) is 5.33. The van der Waals surface area contributed by atoms with Gasteiger partial charge in [-0.2, -0.15) is 5.10 Å². The summed E-state index contributed by atoms with van der Waals surface area (Å²) >= 11 is 0. The molecule has 0 aliphatic carbocycles. The van der Waals surface area contributed by atoms with Crippen LogP contribution >= 0.6 is 0 Å². The molecule has 1 aliphatic heterocycles. The van der Waals surface area contributed by atoms with Crippen molar-refractivity contribution >= 4 is 11.7 Å². The minimum atomic E-state index is -0.0575. The van der Waals surface area contributed by atoms with Gasteiger partial charge in [0.25, 0.3) is 0 Å². The van der Waals surface area contributed by atoms with E-state index in [1.807, 2.05) is 44.2 Å². The number of nitrogens with one attached hydrogen (secondary N) is 1. The van der Waals surface area contributed by atoms with E-state index in [-0.39, 0.29) is 11.8 Å². The number of pyridine rings is 1. The number of carbonyl (C=O) groups excluding carboxylic acids is 1. The molecule has 1 atom stereocenters. The second-order valence-electron chi connectivity index (χ2n) is 7.45. The lowest BCUT2D eigenvalue weighted by atomic mass is 9.97. The maximum absolute atomic E-state index is 12.6. The fourth-order valence-electron chi connectivity index (χ4n) is 3.70. The molecule has 8 nitrogen and oxygen atoms in total. The van der Waals surface area contributed by atoms with Crippen LogP contribution < -0.4 is 10.2 Å². The predicted molar refractivity (Wildman–Crippen MR) is 110 cm³/mol. The van der Waals surface area contributed by atoms with Crippen molar-refractivity contribution in [1.82, 2.24) is 30.3 Å². The first-order chi connectivity index (χ1) is 14.1. The van der Waals surface area contributed by atoms with Gasteiger partial charge in [0.1, 0.15) is 0 Å². The van der Waals surface area contributed by atoms with Gasteiger partial charge in [-0.3, -0.25) is 9.78 Å². The fraction of sp³-hybridized carbons (Fsp3) is 0.381. The van der Waals surface area contributed by atoms with Crippen molar-refractivity contribution in [3.8, 4) is 5.82 Å². The van der Waals surface area contributed by atoms with Crippen LogP contribution in [0.4, 0.5) is 5.82 Å². The molecule has 3 aromatic heterocycles. The largest absolute Gasteiger partial charge is 0.354 e. The van der Waals surface area contributed by atoms with E-state index in [1.54, 1.807) is 17.1 Å². The first kappa shape index (κ1) is 19.0. The molecular formula is C21H25N7O. The van der Waals surface area contributed by atoms with Crippen LogP contribution in [0.15, 0.2) is 42.7 Å². The average molecular weight is 391 g/mol. The highest BCUT2D eigenvalue weighted by Crippen LogP contribution is 2.22. The number of anilines is 1. The fourth-order valence-corrected chi connectivity index (χ4v) is 3.70. The summed E-state index contributed by atoms with van der Waals surface area (Å²) in [7, 11) is 0. The van der Waals surface area contributed by atoms with Gasteiger partial charge < -0.3 is 10.2 Å². The van der Waals surface area contributed by atoms with Crippen molar-refractivity contribution in [2.75, 3.05) is 18.0 Å². The normalized spacial score (nSPS) is 16.6. The summed E-state index contributed by atoms with van der Waals surface area (Å²) in [5, 5.41) is 16.2. The second kappa shape index (κ2) is 8.38. The van der Waals surface area contributed by atoms with E-state index in [2.05, 4.69) is 30.5 Å². The van der Waals surface area contributed by atoms with Crippen LogP contribution in [0.25, 0.3) is 5.82 Å². The third-order valence-corrected chi connectivity index (χ3v) is 5.17. The monoisotopic (exact) mass is 391 g/mol. The summed E-state index contributed by atoms with van der Waals surface area (Å²) in [6.45, 7) is 5.97. The number of amides is 1. The summed E-state index contributed by atoms with van der Waals surface area (Å²) in [4.78, 5) is 18.8. The molecule has 0 bridgehead atoms. The molecule has 1 aliphatic rings. The Bertz CT molecular complexity index is 968. The smallest absolute Gasteiger partial charge is 0.225 e. The molecule has 3 aromatic rings. The first-order valence-electron chi connectivity index (χ1n) is 9.89. The topological polar surface area (TPSA) is 88.8 Å². The third kappa shape index (κ3) is 4.42. The van der Waals surface area contributed by atoms with E-state index in [4.69, 9.17) is 0 Å². The zero-order chi connectivity index (χ0) is 20.2. The van der Waals surface area contributed by atoms with Crippen molar-refractivity contribution in [2.24, 2.45) is 5.92 Å². The molecule has 0 spiro atoms. The quantitative estimate of drug-likeness (QED) is 0.717. The SMILES string of the molecule is Cc1cc(C)n(-c2ccc(N3CCC[C@@H](C(=O)NCc4cccnc4)C3)nn2)n1. The zero-order valence-corrected chi connectivity index (χ0v) is 16.7. The van der Waals surface area contributed by atoms with Gasteiger partial charge in [-0.1, -0.05) is 6.07 Å². The van der Waals surface area contributed by atoms with Gasteiger partial charge in [0.2, 0.25) is 5.91 Å². The predicted octanol–water partition coefficient (Wildman–Crippen LogP) is 2.21. The van der Waals surface area contributed by atoms with Crippen molar-refractivity contribution in [2.45, 2.75) is 33.2 Å². The number of nitrogens with zero attached hydrogens (tertiary/aromatic N) is 6. The van der Waals surface area contributed by atoms with E-state index < -0.39 is 0 Å². The molecule has 1 fully saturated rings. The second-order valence-corrected chi connectivity index (χ2v) is 7.45. The maximum atomic E-state index is 12.6. The average Bonchev–Trinajstić information content (AvgIpc) is 3.11. The molecule has 0 saturated carbocycles. The van der Waals surface area contributed by atoms with E-state index >= 15 is 0 Å². The molecule has 29 heavy (non-hydrogen) atoms. The van der Waals surface area contributed by atoms with Gasteiger partial charge in [-0.15, -0.1) is 10.2 Å². The van der Waals surface area contributed by atoms with Crippen molar-refractivity contribution in [3.05, 3.63) is 59.7 Å². The van der Waals surface area contributed by atoms with Crippen LogP contribution in [0, 0.1) is 19.8 Å². The summed E-state index contributed by atoms with van der Waals surface area (Å²) in [5.41, 5.74) is 2.97. The van der Waals surface area contributed by atoms with E-state index in [9.17, 15) is 4.79 Å². The molecule has 8 heteroatoms. The van der Waals surface area contributed by atoms with Crippen molar-refractivity contribution in [3.63, 3.8) is 0 Å². The minimum Gasteiger partial charge on any atom is -0.354 e. The zero-order valence-electron chi connectivity index (χ0n) is 16.7. The Kier molecular flexibility index (Phi) is 5.50. The summed E-state index contributed by atoms with van der Waals surface area (Å²) in [5.74, 6) is 1.51. The molecule has 0 aromatic carbocycles. The van der Waals surface area contributed by atoms with Crippen LogP contribution in [0.3, 0.4) is 0 Å². The number of hydrogen-bond donors (Lipinski definition) is 1. The van der Waals surface area contributed by atoms with Crippen molar-refractivity contribution in [1.29, 1.82) is 0 Å². The molecule has 0 unspecified atom stereocenters. The number of aryl methyl sites for hydroxylation is 2. The highest BCUT2D eigenvalue weighted by Gasteiger charge is 2.26. The molecule has 150 valence electrons. The molecule has 1 saturated heterocycles. The van der Waals surface area contributed by atoms with Crippen LogP contribution in [-0.2, 0) is 11.3 Å². The number of rotatable bonds is 5. The lowest BCUT2D eigenvalue weighted by Gasteiger charge is -2.32. The van der Waals surface area contributed by atoms with E-state index in [0.717, 1.165) is 42.2 Å². The number of piperidine rings is 1. The molecule has 4 rings (SSSR count). The molecule has 0 radical (unpaired) electrons. The third-order valence-electron chi connectivity index (χ3n) is 5.17. The number of aromatic nitrogens is 5. The Hall–Kier alpha value is -3.29. The Balaban J connectivity index is 1.39. The van der Waals surface area contributed by atoms with Crippen molar-refractivity contribution < 1.29 is 4.79 Å². The summed E-state index contributed by atoms with van der Waals surface area (Å²) in [6, 6.07) is 9.72. The van der Waals surface area contributed by atoms with Gasteiger partial charge in [-0.25, -0.2) is 4.68 Å². The first-order valence-corrected chi connectivity index (χ1v) is 9.89. The van der Waals surface area contributed by atoms with Gasteiger partial charge in [0.05, 0.1) is 11.6 Å². The Labute approximate surface area is 170 Å². The molecule has 4 heterocycles. The van der Waals surface area contributed by atoms with Crippen LogP contribution in [0.2, 0.25) is 0 Å². The number of carbonyl (C=O) groups is 1. The highest BCUT2D eigenvalue weighted by atomic mass is 16.1. The van der Waals surface area contributed by atoms with Crippen LogP contribution in [-0.4, -0.2) is 44.0 Å². The molecule has 1 amide bonds. The van der Waals surface area contributed by atoms with Gasteiger partial charge in [0.15, 0.2) is 11.6 Å². The minimum absolute atomic E-state index is 0.0575. The van der Waals surface area contributed by atoms with Crippen LogP contribution in [0.1, 0.15) is 29.8 Å². The van der Waals surface area contributed by atoms with E-state index in [0.29, 0.717) is 18.9 Å². The Morgan fingerprint density at radius 3 is 2.72 bits per heavy atom. The van der Waals surface area contributed by atoms with E-state index in [1.165, 1.54) is 0 Å². The lowest BCUT2D eigenvalue weighted by molar-refractivity contribution is -0.125. The summed E-state index contributed by atoms with van der Waals surface area (Å²) < 4.78 is 1.79. The standard InChI is InChI=1S/C21H25N7O/c1-15-11-16(2)28(26-15)20-8-7-19(24-25-20)27-10-4-6-18(14-27)21(29)23-13-17-5-3-9-22-12-17/h3,5,7-9,11-12,18H,4,6,10,13-14H2,1-2H3,(H,23,29)/t18-/m1/s1.